The molecule has 3 rings (SSSR count). The molecule has 0 spiro atoms. The van der Waals surface area contributed by atoms with Crippen LogP contribution in [0, 0.1) is 5.92 Å². The molecule has 132 valence electrons. The largest absolute Gasteiger partial charge is 0.366 e. The Balaban J connectivity index is 1.63. The van der Waals surface area contributed by atoms with Gasteiger partial charge in [0.05, 0.1) is 5.69 Å². The Kier molecular flexibility index (Phi) is 5.43. The summed E-state index contributed by atoms with van der Waals surface area (Å²) < 4.78 is 3.95. The minimum absolute atomic E-state index is 0.0480. The number of carbonyl (C=O) groups is 2. The van der Waals surface area contributed by atoms with Gasteiger partial charge in [-0.05, 0) is 54.4 Å². The molecular formula is C18H22N4O2S. The third-order valence-corrected chi connectivity index (χ3v) is 5.30. The summed E-state index contributed by atoms with van der Waals surface area (Å²) in [7, 11) is 0. The van der Waals surface area contributed by atoms with Crippen molar-refractivity contribution in [3.63, 3.8) is 0 Å². The van der Waals surface area contributed by atoms with Gasteiger partial charge in [-0.2, -0.15) is 0 Å². The number of likely N-dealkylation sites (tertiary alicyclic amines) is 1. The van der Waals surface area contributed by atoms with Crippen molar-refractivity contribution in [1.82, 2.24) is 14.5 Å². The monoisotopic (exact) mass is 358 g/mol. The predicted molar refractivity (Wildman–Crippen MR) is 96.6 cm³/mol. The Morgan fingerprint density at radius 1 is 1.40 bits per heavy atom. The van der Waals surface area contributed by atoms with Gasteiger partial charge in [0.2, 0.25) is 5.91 Å². The number of carbonyl (C=O) groups excluding carboxylic acids is 2. The lowest BCUT2D eigenvalue weighted by atomic mass is 9.97. The van der Waals surface area contributed by atoms with E-state index in [1.807, 2.05) is 23.1 Å². The molecule has 1 aromatic carbocycles. The van der Waals surface area contributed by atoms with E-state index in [0.29, 0.717) is 16.4 Å². The Labute approximate surface area is 151 Å². The highest BCUT2D eigenvalue weighted by atomic mass is 32.1. The van der Waals surface area contributed by atoms with Gasteiger partial charge in [0.1, 0.15) is 4.88 Å². The van der Waals surface area contributed by atoms with Gasteiger partial charge >= 0.3 is 0 Å². The van der Waals surface area contributed by atoms with Crippen LogP contribution in [0.5, 0.6) is 0 Å². The molecule has 0 bridgehead atoms. The Bertz CT molecular complexity index is 774. The fourth-order valence-electron chi connectivity index (χ4n) is 3.28. The van der Waals surface area contributed by atoms with E-state index in [9.17, 15) is 9.59 Å². The zero-order chi connectivity index (χ0) is 17.8. The summed E-state index contributed by atoms with van der Waals surface area (Å²) in [5, 5.41) is 4.09. The summed E-state index contributed by atoms with van der Waals surface area (Å²) in [6.45, 7) is 3.55. The third kappa shape index (κ3) is 4.04. The van der Waals surface area contributed by atoms with Crippen molar-refractivity contribution in [2.24, 2.45) is 11.7 Å². The number of primary amides is 1. The van der Waals surface area contributed by atoms with E-state index in [0.717, 1.165) is 50.0 Å². The maximum atomic E-state index is 12.7. The van der Waals surface area contributed by atoms with E-state index in [-0.39, 0.29) is 5.91 Å². The predicted octanol–water partition coefficient (Wildman–Crippen LogP) is 2.29. The number of amides is 2. The molecule has 2 amide bonds. The first-order chi connectivity index (χ1) is 12.1. The van der Waals surface area contributed by atoms with Crippen LogP contribution in [-0.4, -0.2) is 39.4 Å². The molecule has 6 nitrogen and oxygen atoms in total. The smallest absolute Gasteiger partial charge is 0.267 e. The van der Waals surface area contributed by atoms with Gasteiger partial charge in [-0.1, -0.05) is 30.0 Å². The first kappa shape index (κ1) is 17.5. The Hall–Kier alpha value is -2.28. The Morgan fingerprint density at radius 3 is 3.00 bits per heavy atom. The van der Waals surface area contributed by atoms with Gasteiger partial charge < -0.3 is 10.6 Å². The maximum absolute atomic E-state index is 12.7. The Morgan fingerprint density at radius 2 is 2.24 bits per heavy atom. The van der Waals surface area contributed by atoms with Crippen molar-refractivity contribution in [3.8, 4) is 0 Å². The van der Waals surface area contributed by atoms with Gasteiger partial charge in [0.25, 0.3) is 5.91 Å². The molecule has 1 fully saturated rings. The lowest BCUT2D eigenvalue weighted by molar-refractivity contribution is 0.0790. The molecule has 1 saturated heterocycles. The number of rotatable bonds is 6. The van der Waals surface area contributed by atoms with Crippen LogP contribution in [0.4, 0.5) is 0 Å². The van der Waals surface area contributed by atoms with Crippen LogP contribution in [0.3, 0.4) is 0 Å². The molecule has 1 aliphatic rings. The average Bonchev–Trinajstić information content (AvgIpc) is 3.24. The first-order valence-electron chi connectivity index (χ1n) is 8.57. The summed E-state index contributed by atoms with van der Waals surface area (Å²) in [5.74, 6) is 0.0284. The molecule has 1 atom stereocenters. The van der Waals surface area contributed by atoms with Gasteiger partial charge in [0, 0.05) is 18.7 Å². The van der Waals surface area contributed by atoms with Crippen LogP contribution in [0.15, 0.2) is 24.3 Å². The second-order valence-electron chi connectivity index (χ2n) is 6.47. The zero-order valence-corrected chi connectivity index (χ0v) is 15.1. The van der Waals surface area contributed by atoms with Crippen molar-refractivity contribution >= 4 is 23.3 Å². The normalized spacial score (nSPS) is 17.0. The summed E-state index contributed by atoms with van der Waals surface area (Å²) >= 11 is 1.19. The topological polar surface area (TPSA) is 89.2 Å². The number of hydrogen-bond donors (Lipinski definition) is 1. The molecule has 2 heterocycles. The number of nitrogens with zero attached hydrogens (tertiary/aromatic N) is 3. The van der Waals surface area contributed by atoms with E-state index in [1.165, 1.54) is 11.5 Å². The van der Waals surface area contributed by atoms with Gasteiger partial charge in [-0.25, -0.2) is 0 Å². The van der Waals surface area contributed by atoms with Crippen molar-refractivity contribution in [3.05, 3.63) is 46.0 Å². The number of benzene rings is 1. The van der Waals surface area contributed by atoms with E-state index >= 15 is 0 Å². The van der Waals surface area contributed by atoms with E-state index in [4.69, 9.17) is 5.73 Å². The highest BCUT2D eigenvalue weighted by molar-refractivity contribution is 7.08. The van der Waals surface area contributed by atoms with E-state index < -0.39 is 5.91 Å². The molecule has 7 heteroatoms. The van der Waals surface area contributed by atoms with Gasteiger partial charge in [-0.15, -0.1) is 5.10 Å². The summed E-state index contributed by atoms with van der Waals surface area (Å²) in [6.07, 6.45) is 3.54. The van der Waals surface area contributed by atoms with Gasteiger partial charge in [0.15, 0.2) is 0 Å². The molecule has 2 N–H and O–H groups in total. The SMILES string of the molecule is CCCc1nnsc1C(=O)N1CC[C@@H](Cc2cccc(C(N)=O)c2)C1. The average molecular weight is 358 g/mol. The number of aryl methyl sites for hydroxylation is 1. The molecule has 0 unspecified atom stereocenters. The maximum Gasteiger partial charge on any atom is 0.267 e. The first-order valence-corrected chi connectivity index (χ1v) is 9.35. The third-order valence-electron chi connectivity index (χ3n) is 4.55. The van der Waals surface area contributed by atoms with E-state index in [1.54, 1.807) is 6.07 Å². The van der Waals surface area contributed by atoms with Crippen molar-refractivity contribution in [2.75, 3.05) is 13.1 Å². The quantitative estimate of drug-likeness (QED) is 0.858. The lowest BCUT2D eigenvalue weighted by Gasteiger charge is -2.16. The van der Waals surface area contributed by atoms with Crippen LogP contribution in [-0.2, 0) is 12.8 Å². The zero-order valence-electron chi connectivity index (χ0n) is 14.3. The van der Waals surface area contributed by atoms with Crippen molar-refractivity contribution < 1.29 is 9.59 Å². The van der Waals surface area contributed by atoms with Crippen molar-refractivity contribution in [1.29, 1.82) is 0 Å². The van der Waals surface area contributed by atoms with Crippen LogP contribution in [0.2, 0.25) is 0 Å². The lowest BCUT2D eigenvalue weighted by Crippen LogP contribution is -2.29. The van der Waals surface area contributed by atoms with Crippen LogP contribution in [0.25, 0.3) is 0 Å². The number of hydrogen-bond acceptors (Lipinski definition) is 5. The van der Waals surface area contributed by atoms with Crippen molar-refractivity contribution in [2.45, 2.75) is 32.6 Å². The minimum Gasteiger partial charge on any atom is -0.366 e. The highest BCUT2D eigenvalue weighted by Crippen LogP contribution is 2.25. The molecule has 0 saturated carbocycles. The summed E-state index contributed by atoms with van der Waals surface area (Å²) in [4.78, 5) is 26.6. The fraction of sp³-hybridized carbons (Fsp3) is 0.444. The van der Waals surface area contributed by atoms with Gasteiger partial charge in [-0.3, -0.25) is 9.59 Å². The molecular weight excluding hydrogens is 336 g/mol. The second kappa shape index (κ2) is 7.74. The molecule has 1 aromatic heterocycles. The van der Waals surface area contributed by atoms with Crippen LogP contribution in [0.1, 0.15) is 51.1 Å². The molecule has 2 aromatic rings. The standard InChI is InChI=1S/C18H22N4O2S/c1-2-4-15-16(25-21-20-15)18(24)22-8-7-13(11-22)9-12-5-3-6-14(10-12)17(19)23/h3,5-6,10,13H,2,4,7-9,11H2,1H3,(H2,19,23)/t13-/m0/s1. The second-order valence-corrected chi connectivity index (χ2v) is 7.23. The highest BCUT2D eigenvalue weighted by Gasteiger charge is 2.29. The summed E-state index contributed by atoms with van der Waals surface area (Å²) in [6, 6.07) is 7.43. The summed E-state index contributed by atoms with van der Waals surface area (Å²) in [5.41, 5.74) is 7.77. The minimum atomic E-state index is -0.411. The molecule has 1 aliphatic heterocycles. The molecule has 25 heavy (non-hydrogen) atoms. The fourth-order valence-corrected chi connectivity index (χ4v) is 3.96. The number of aromatic nitrogens is 2. The van der Waals surface area contributed by atoms with Crippen LogP contribution >= 0.6 is 11.5 Å². The van der Waals surface area contributed by atoms with Crippen LogP contribution < -0.4 is 5.73 Å². The molecule has 0 radical (unpaired) electrons. The van der Waals surface area contributed by atoms with E-state index in [2.05, 4.69) is 16.5 Å². The number of nitrogens with two attached hydrogens (primary N) is 1. The molecule has 0 aliphatic carbocycles.